The van der Waals surface area contributed by atoms with Gasteiger partial charge in [0, 0.05) is 19.7 Å². The molecule has 0 saturated carbocycles. The number of nitrogens with one attached hydrogen (secondary N) is 1. The van der Waals surface area contributed by atoms with E-state index >= 15 is 0 Å². The standard InChI is InChI=1S/C13H20N4O2/c1-15-13(18)10-5-3-4-8-17(10)12-9(14)6-7-11(16-12)19-2/h6-7,10H,3-5,8,14H2,1-2H3,(H,15,18). The van der Waals surface area contributed by atoms with Crippen LogP contribution in [0, 0.1) is 0 Å². The Labute approximate surface area is 112 Å². The van der Waals surface area contributed by atoms with Gasteiger partial charge in [-0.1, -0.05) is 0 Å². The summed E-state index contributed by atoms with van der Waals surface area (Å²) in [4.78, 5) is 18.3. The summed E-state index contributed by atoms with van der Waals surface area (Å²) in [6.07, 6.45) is 2.89. The van der Waals surface area contributed by atoms with E-state index in [1.165, 1.54) is 0 Å². The van der Waals surface area contributed by atoms with Gasteiger partial charge >= 0.3 is 0 Å². The van der Waals surface area contributed by atoms with E-state index in [2.05, 4.69) is 10.3 Å². The highest BCUT2D eigenvalue weighted by Gasteiger charge is 2.30. The van der Waals surface area contributed by atoms with Crippen molar-refractivity contribution in [2.75, 3.05) is 31.3 Å². The lowest BCUT2D eigenvalue weighted by Crippen LogP contribution is -2.49. The van der Waals surface area contributed by atoms with Crippen molar-refractivity contribution in [2.45, 2.75) is 25.3 Å². The SMILES string of the molecule is CNC(=O)C1CCCCN1c1nc(OC)ccc1N. The number of nitrogen functional groups attached to an aromatic ring is 1. The molecule has 1 atom stereocenters. The molecular formula is C13H20N4O2. The van der Waals surface area contributed by atoms with Crippen LogP contribution in [0.3, 0.4) is 0 Å². The number of methoxy groups -OCH3 is 1. The predicted molar refractivity (Wildman–Crippen MR) is 74.3 cm³/mol. The molecule has 6 heteroatoms. The number of nitrogens with two attached hydrogens (primary N) is 1. The summed E-state index contributed by atoms with van der Waals surface area (Å²) < 4.78 is 5.13. The number of nitrogens with zero attached hydrogens (tertiary/aromatic N) is 2. The second kappa shape index (κ2) is 5.77. The molecule has 1 aliphatic heterocycles. The maximum atomic E-state index is 12.0. The summed E-state index contributed by atoms with van der Waals surface area (Å²) in [6, 6.07) is 3.27. The van der Waals surface area contributed by atoms with Crippen molar-refractivity contribution in [3.8, 4) is 5.88 Å². The number of carbonyl (C=O) groups is 1. The zero-order chi connectivity index (χ0) is 13.8. The van der Waals surface area contributed by atoms with E-state index in [9.17, 15) is 4.79 Å². The van der Waals surface area contributed by atoms with Gasteiger partial charge in [0.2, 0.25) is 11.8 Å². The first kappa shape index (κ1) is 13.5. The molecule has 1 aliphatic rings. The number of carbonyl (C=O) groups excluding carboxylic acids is 1. The van der Waals surface area contributed by atoms with Crippen molar-refractivity contribution in [1.82, 2.24) is 10.3 Å². The molecule has 1 aromatic rings. The summed E-state index contributed by atoms with van der Waals surface area (Å²) in [5.41, 5.74) is 6.55. The van der Waals surface area contributed by atoms with Gasteiger partial charge in [-0.25, -0.2) is 0 Å². The Hall–Kier alpha value is -1.98. The minimum absolute atomic E-state index is 0.00344. The molecule has 2 rings (SSSR count). The fourth-order valence-corrected chi connectivity index (χ4v) is 2.41. The molecule has 1 amide bonds. The number of rotatable bonds is 3. The molecule has 6 nitrogen and oxygen atoms in total. The van der Waals surface area contributed by atoms with Crippen LogP contribution in [0.25, 0.3) is 0 Å². The Bertz CT molecular complexity index is 464. The van der Waals surface area contributed by atoms with Crippen LogP contribution in [-0.2, 0) is 4.79 Å². The maximum absolute atomic E-state index is 12.0. The number of likely N-dealkylation sites (N-methyl/N-ethyl adjacent to an activating group) is 1. The van der Waals surface area contributed by atoms with Gasteiger partial charge in [-0.05, 0) is 25.3 Å². The lowest BCUT2D eigenvalue weighted by molar-refractivity contribution is -0.122. The summed E-state index contributed by atoms with van der Waals surface area (Å²) in [6.45, 7) is 0.780. The topological polar surface area (TPSA) is 80.5 Å². The van der Waals surface area contributed by atoms with Crippen LogP contribution < -0.4 is 20.7 Å². The van der Waals surface area contributed by atoms with Crippen LogP contribution in [0.4, 0.5) is 11.5 Å². The third-order valence-electron chi connectivity index (χ3n) is 3.41. The zero-order valence-electron chi connectivity index (χ0n) is 11.3. The van der Waals surface area contributed by atoms with Crippen LogP contribution in [0.5, 0.6) is 5.88 Å². The van der Waals surface area contributed by atoms with Crippen LogP contribution in [0.1, 0.15) is 19.3 Å². The molecule has 19 heavy (non-hydrogen) atoms. The number of aromatic nitrogens is 1. The molecule has 1 unspecified atom stereocenters. The van der Waals surface area contributed by atoms with Crippen molar-refractivity contribution >= 4 is 17.4 Å². The Kier molecular flexibility index (Phi) is 4.09. The average molecular weight is 264 g/mol. The van der Waals surface area contributed by atoms with Crippen molar-refractivity contribution in [3.63, 3.8) is 0 Å². The van der Waals surface area contributed by atoms with Gasteiger partial charge in [-0.15, -0.1) is 0 Å². The summed E-state index contributed by atoms with van der Waals surface area (Å²) in [7, 11) is 3.21. The van der Waals surface area contributed by atoms with Gasteiger partial charge < -0.3 is 20.7 Å². The maximum Gasteiger partial charge on any atom is 0.242 e. The number of hydrogen-bond acceptors (Lipinski definition) is 5. The molecule has 1 fully saturated rings. The Morgan fingerprint density at radius 1 is 1.53 bits per heavy atom. The molecule has 2 heterocycles. The van der Waals surface area contributed by atoms with E-state index in [1.807, 2.05) is 4.90 Å². The molecule has 0 spiro atoms. The average Bonchev–Trinajstić information content (AvgIpc) is 2.47. The third-order valence-corrected chi connectivity index (χ3v) is 3.41. The number of anilines is 2. The van der Waals surface area contributed by atoms with Crippen LogP contribution in [0.15, 0.2) is 12.1 Å². The number of amides is 1. The number of piperidine rings is 1. The van der Waals surface area contributed by atoms with Crippen LogP contribution >= 0.6 is 0 Å². The lowest BCUT2D eigenvalue weighted by Gasteiger charge is -2.35. The van der Waals surface area contributed by atoms with Gasteiger partial charge in [0.25, 0.3) is 0 Å². The smallest absolute Gasteiger partial charge is 0.242 e. The Morgan fingerprint density at radius 2 is 2.32 bits per heavy atom. The molecule has 1 saturated heterocycles. The van der Waals surface area contributed by atoms with Gasteiger partial charge in [0.1, 0.15) is 6.04 Å². The summed E-state index contributed by atoms with van der Waals surface area (Å²) in [5, 5.41) is 2.70. The molecular weight excluding hydrogens is 244 g/mol. The first-order valence-electron chi connectivity index (χ1n) is 6.46. The molecule has 104 valence electrons. The van der Waals surface area contributed by atoms with Crippen LogP contribution in [-0.4, -0.2) is 37.6 Å². The Balaban J connectivity index is 2.34. The molecule has 0 radical (unpaired) electrons. The highest BCUT2D eigenvalue weighted by atomic mass is 16.5. The van der Waals surface area contributed by atoms with E-state index in [1.54, 1.807) is 26.3 Å². The number of pyridine rings is 1. The van der Waals surface area contributed by atoms with E-state index in [-0.39, 0.29) is 11.9 Å². The largest absolute Gasteiger partial charge is 0.481 e. The third kappa shape index (κ3) is 2.72. The highest BCUT2D eigenvalue weighted by molar-refractivity contribution is 5.86. The van der Waals surface area contributed by atoms with Crippen molar-refractivity contribution in [3.05, 3.63) is 12.1 Å². The predicted octanol–water partition coefficient (Wildman–Crippen LogP) is 0.777. The lowest BCUT2D eigenvalue weighted by atomic mass is 10.0. The van der Waals surface area contributed by atoms with E-state index < -0.39 is 0 Å². The van der Waals surface area contributed by atoms with Crippen molar-refractivity contribution in [2.24, 2.45) is 0 Å². The molecule has 0 aliphatic carbocycles. The van der Waals surface area contributed by atoms with Crippen molar-refractivity contribution < 1.29 is 9.53 Å². The van der Waals surface area contributed by atoms with Gasteiger partial charge in [-0.2, -0.15) is 4.98 Å². The number of ether oxygens (including phenoxy) is 1. The molecule has 0 aromatic carbocycles. The van der Waals surface area contributed by atoms with Gasteiger partial charge in [0.05, 0.1) is 12.8 Å². The molecule has 3 N–H and O–H groups in total. The normalized spacial score (nSPS) is 19.1. The monoisotopic (exact) mass is 264 g/mol. The van der Waals surface area contributed by atoms with Crippen molar-refractivity contribution in [1.29, 1.82) is 0 Å². The minimum atomic E-state index is -0.208. The first-order chi connectivity index (χ1) is 9.17. The Morgan fingerprint density at radius 3 is 3.00 bits per heavy atom. The molecule has 1 aromatic heterocycles. The summed E-state index contributed by atoms with van der Waals surface area (Å²) in [5.74, 6) is 1.14. The fourth-order valence-electron chi connectivity index (χ4n) is 2.41. The molecule has 0 bridgehead atoms. The van der Waals surface area contributed by atoms with Crippen LogP contribution in [0.2, 0.25) is 0 Å². The quantitative estimate of drug-likeness (QED) is 0.843. The van der Waals surface area contributed by atoms with E-state index in [0.29, 0.717) is 17.4 Å². The van der Waals surface area contributed by atoms with E-state index in [0.717, 1.165) is 25.8 Å². The minimum Gasteiger partial charge on any atom is -0.481 e. The second-order valence-corrected chi connectivity index (χ2v) is 4.59. The van der Waals surface area contributed by atoms with Gasteiger partial charge in [0.15, 0.2) is 5.82 Å². The first-order valence-corrected chi connectivity index (χ1v) is 6.46. The zero-order valence-corrected chi connectivity index (χ0v) is 11.3. The second-order valence-electron chi connectivity index (χ2n) is 4.59. The highest BCUT2D eigenvalue weighted by Crippen LogP contribution is 2.29. The summed E-state index contributed by atoms with van der Waals surface area (Å²) >= 11 is 0. The van der Waals surface area contributed by atoms with E-state index in [4.69, 9.17) is 10.5 Å². The fraction of sp³-hybridized carbons (Fsp3) is 0.538. The van der Waals surface area contributed by atoms with Gasteiger partial charge in [-0.3, -0.25) is 4.79 Å². The number of hydrogen-bond donors (Lipinski definition) is 2.